The molecule has 0 fully saturated rings. The minimum atomic E-state index is -4.53. The van der Waals surface area contributed by atoms with Gasteiger partial charge >= 0.3 is 12.3 Å². The normalized spacial score (nSPS) is 11.1. The van der Waals surface area contributed by atoms with Gasteiger partial charge < -0.3 is 4.74 Å². The van der Waals surface area contributed by atoms with Gasteiger partial charge in [0, 0.05) is 10.2 Å². The van der Waals surface area contributed by atoms with E-state index in [0.29, 0.717) is 14.9 Å². The summed E-state index contributed by atoms with van der Waals surface area (Å²) in [6, 6.07) is 14.7. The van der Waals surface area contributed by atoms with Crippen molar-refractivity contribution in [3.8, 4) is 0 Å². The van der Waals surface area contributed by atoms with E-state index in [-0.39, 0.29) is 12.3 Å². The van der Waals surface area contributed by atoms with E-state index in [9.17, 15) is 18.0 Å². The third-order valence-corrected chi connectivity index (χ3v) is 3.43. The van der Waals surface area contributed by atoms with Crippen LogP contribution < -0.4 is 4.90 Å². The average Bonchev–Trinajstić information content (AvgIpc) is 2.51. The van der Waals surface area contributed by atoms with Gasteiger partial charge in [0.15, 0.2) is 0 Å². The lowest BCUT2D eigenvalue weighted by atomic mass is 10.2. The number of hydrogen-bond donors (Lipinski definition) is 0. The highest BCUT2D eigenvalue weighted by molar-refractivity contribution is 9.10. The molecule has 3 nitrogen and oxygen atoms in total. The largest absolute Gasteiger partial charge is 0.444 e. The number of rotatable bonds is 4. The molecule has 0 aliphatic heterocycles. The van der Waals surface area contributed by atoms with Crippen molar-refractivity contribution >= 4 is 27.7 Å². The molecule has 0 aromatic heterocycles. The molecule has 7 heteroatoms. The predicted octanol–water partition coefficient (Wildman–Crippen LogP) is 5.15. The van der Waals surface area contributed by atoms with Gasteiger partial charge in [0.25, 0.3) is 0 Å². The second-order valence-corrected chi connectivity index (χ2v) is 5.63. The fraction of sp³-hybridized carbons (Fsp3) is 0.188. The van der Waals surface area contributed by atoms with Gasteiger partial charge in [-0.15, -0.1) is 0 Å². The van der Waals surface area contributed by atoms with Gasteiger partial charge in [0.2, 0.25) is 0 Å². The van der Waals surface area contributed by atoms with Gasteiger partial charge in [-0.25, -0.2) is 4.79 Å². The van der Waals surface area contributed by atoms with Crippen molar-refractivity contribution in [1.82, 2.24) is 0 Å². The summed E-state index contributed by atoms with van der Waals surface area (Å²) in [5.74, 6) is 0. The molecule has 1 amide bonds. The van der Waals surface area contributed by atoms with Gasteiger partial charge in [0.05, 0.1) is 0 Å². The predicted molar refractivity (Wildman–Crippen MR) is 84.2 cm³/mol. The van der Waals surface area contributed by atoms with Crippen molar-refractivity contribution < 1.29 is 22.7 Å². The first kappa shape index (κ1) is 17.3. The minimum absolute atomic E-state index is 0.0927. The topological polar surface area (TPSA) is 29.5 Å². The molecule has 2 rings (SSSR count). The Bertz CT molecular complexity index is 645. The number of carbonyl (C=O) groups excluding carboxylic acids is 1. The summed E-state index contributed by atoms with van der Waals surface area (Å²) < 4.78 is 43.9. The first-order valence-corrected chi connectivity index (χ1v) is 7.45. The number of anilines is 1. The zero-order chi connectivity index (χ0) is 16.9. The Labute approximate surface area is 139 Å². The number of amides is 1. The molecule has 0 saturated heterocycles. The number of carbonyl (C=O) groups is 1. The summed E-state index contributed by atoms with van der Waals surface area (Å²) in [6.07, 6.45) is -5.58. The highest BCUT2D eigenvalue weighted by atomic mass is 79.9. The van der Waals surface area contributed by atoms with Crippen LogP contribution in [0.3, 0.4) is 0 Å². The summed E-state index contributed by atoms with van der Waals surface area (Å²) in [6.45, 7) is -1.51. The maximum Gasteiger partial charge on any atom is 0.414 e. The lowest BCUT2D eigenvalue weighted by molar-refractivity contribution is -0.119. The molecule has 2 aromatic rings. The van der Waals surface area contributed by atoms with Crippen molar-refractivity contribution in [2.24, 2.45) is 0 Å². The third kappa shape index (κ3) is 5.59. The Hall–Kier alpha value is -2.02. The van der Waals surface area contributed by atoms with Gasteiger partial charge in [-0.3, -0.25) is 4.90 Å². The van der Waals surface area contributed by atoms with Crippen molar-refractivity contribution in [3.63, 3.8) is 0 Å². The van der Waals surface area contributed by atoms with E-state index >= 15 is 0 Å². The Morgan fingerprint density at radius 1 is 1.04 bits per heavy atom. The first-order chi connectivity index (χ1) is 10.8. The Morgan fingerprint density at radius 3 is 2.22 bits per heavy atom. The van der Waals surface area contributed by atoms with Crippen LogP contribution in [0.4, 0.5) is 23.7 Å². The lowest BCUT2D eigenvalue weighted by Gasteiger charge is -2.23. The van der Waals surface area contributed by atoms with E-state index < -0.39 is 18.8 Å². The number of benzene rings is 2. The fourth-order valence-electron chi connectivity index (χ4n) is 1.86. The summed E-state index contributed by atoms with van der Waals surface area (Å²) >= 11 is 3.20. The molecule has 0 N–H and O–H groups in total. The molecule has 0 spiro atoms. The molecule has 0 unspecified atom stereocenters. The number of halogens is 4. The Kier molecular flexibility index (Phi) is 5.65. The van der Waals surface area contributed by atoms with Gasteiger partial charge in [0.1, 0.15) is 13.2 Å². The molecule has 0 saturated carbocycles. The van der Waals surface area contributed by atoms with E-state index in [1.165, 1.54) is 12.1 Å². The molecule has 0 aliphatic carbocycles. The van der Waals surface area contributed by atoms with Crippen molar-refractivity contribution in [2.75, 3.05) is 11.4 Å². The molecule has 23 heavy (non-hydrogen) atoms. The number of alkyl halides is 3. The molecule has 0 radical (unpaired) electrons. The summed E-state index contributed by atoms with van der Waals surface area (Å²) in [7, 11) is 0. The molecule has 0 aliphatic rings. The minimum Gasteiger partial charge on any atom is -0.444 e. The van der Waals surface area contributed by atoms with Crippen LogP contribution in [0.25, 0.3) is 0 Å². The van der Waals surface area contributed by atoms with Crippen molar-refractivity contribution in [2.45, 2.75) is 12.8 Å². The quantitative estimate of drug-likeness (QED) is 0.725. The smallest absolute Gasteiger partial charge is 0.414 e. The second-order valence-electron chi connectivity index (χ2n) is 4.72. The SMILES string of the molecule is O=C(OCc1ccccc1)N(CC(F)(F)F)c1ccc(Br)cc1. The average molecular weight is 388 g/mol. The van der Waals surface area contributed by atoms with Gasteiger partial charge in [-0.05, 0) is 29.8 Å². The highest BCUT2D eigenvalue weighted by Crippen LogP contribution is 2.24. The van der Waals surface area contributed by atoms with Gasteiger partial charge in [-0.1, -0.05) is 46.3 Å². The van der Waals surface area contributed by atoms with Gasteiger partial charge in [-0.2, -0.15) is 13.2 Å². The van der Waals surface area contributed by atoms with E-state index in [1.807, 2.05) is 0 Å². The Balaban J connectivity index is 2.12. The highest BCUT2D eigenvalue weighted by Gasteiger charge is 2.34. The van der Waals surface area contributed by atoms with E-state index in [2.05, 4.69) is 15.9 Å². The van der Waals surface area contributed by atoms with E-state index in [0.717, 1.165) is 0 Å². The van der Waals surface area contributed by atoms with Crippen molar-refractivity contribution in [3.05, 3.63) is 64.6 Å². The lowest BCUT2D eigenvalue weighted by Crippen LogP contribution is -2.39. The van der Waals surface area contributed by atoms with Crippen LogP contribution in [0.2, 0.25) is 0 Å². The van der Waals surface area contributed by atoms with Crippen molar-refractivity contribution in [1.29, 1.82) is 0 Å². The fourth-order valence-corrected chi connectivity index (χ4v) is 2.12. The maximum atomic E-state index is 12.7. The summed E-state index contributed by atoms with van der Waals surface area (Å²) in [5, 5.41) is 0. The summed E-state index contributed by atoms with van der Waals surface area (Å²) in [5.41, 5.74) is 0.812. The molecular formula is C16H13BrF3NO2. The maximum absolute atomic E-state index is 12.7. The molecule has 122 valence electrons. The second kappa shape index (κ2) is 7.50. The third-order valence-electron chi connectivity index (χ3n) is 2.90. The standard InChI is InChI=1S/C16H13BrF3NO2/c17-13-6-8-14(9-7-13)21(11-16(18,19)20)15(22)23-10-12-4-2-1-3-5-12/h1-9H,10-11H2. The van der Waals surface area contributed by atoms with Crippen LogP contribution in [-0.4, -0.2) is 18.8 Å². The molecule has 0 bridgehead atoms. The monoisotopic (exact) mass is 387 g/mol. The van der Waals surface area contributed by atoms with Crippen LogP contribution in [-0.2, 0) is 11.3 Å². The van der Waals surface area contributed by atoms with Crippen LogP contribution in [0, 0.1) is 0 Å². The van der Waals surface area contributed by atoms with E-state index in [4.69, 9.17) is 4.74 Å². The number of ether oxygens (including phenoxy) is 1. The zero-order valence-corrected chi connectivity index (χ0v) is 13.5. The van der Waals surface area contributed by atoms with Crippen LogP contribution in [0.5, 0.6) is 0 Å². The molecular weight excluding hydrogens is 375 g/mol. The first-order valence-electron chi connectivity index (χ1n) is 6.66. The number of nitrogens with zero attached hydrogens (tertiary/aromatic N) is 1. The molecule has 2 aromatic carbocycles. The molecule has 0 heterocycles. The molecule has 0 atom stereocenters. The number of hydrogen-bond acceptors (Lipinski definition) is 2. The van der Waals surface area contributed by atoms with E-state index in [1.54, 1.807) is 42.5 Å². The van der Waals surface area contributed by atoms with Crippen LogP contribution >= 0.6 is 15.9 Å². The van der Waals surface area contributed by atoms with Crippen LogP contribution in [0.15, 0.2) is 59.1 Å². The Morgan fingerprint density at radius 2 is 1.65 bits per heavy atom. The zero-order valence-electron chi connectivity index (χ0n) is 11.9. The van der Waals surface area contributed by atoms with Crippen LogP contribution in [0.1, 0.15) is 5.56 Å². The summed E-state index contributed by atoms with van der Waals surface area (Å²) in [4.78, 5) is 12.6.